The highest BCUT2D eigenvalue weighted by molar-refractivity contribution is 7.66. The molecule has 0 radical (unpaired) electrons. The molecular weight excluding hydrogens is 477 g/mol. The number of nitrogens with zero attached hydrogens (tertiary/aromatic N) is 1. The van der Waals surface area contributed by atoms with Gasteiger partial charge < -0.3 is 29.8 Å². The number of fused-ring (bicyclic) bond motifs is 1. The second-order valence-electron chi connectivity index (χ2n) is 6.77. The third-order valence-corrected chi connectivity index (χ3v) is 8.74. The van der Waals surface area contributed by atoms with Gasteiger partial charge in [-0.2, -0.15) is 8.62 Å². The summed E-state index contributed by atoms with van der Waals surface area (Å²) >= 11 is 0. The maximum atomic E-state index is 12.0. The number of aromatic amines is 1. The van der Waals surface area contributed by atoms with Crippen LogP contribution in [0.5, 0.6) is 0 Å². The fraction of sp³-hybridized carbons (Fsp3) is 0.636. The van der Waals surface area contributed by atoms with Crippen LogP contribution < -0.4 is 11.2 Å². The Bertz CT molecular complexity index is 1090. The van der Waals surface area contributed by atoms with Gasteiger partial charge in [-0.25, -0.2) is 18.5 Å². The molecule has 170 valence electrons. The van der Waals surface area contributed by atoms with Crippen LogP contribution in [0.3, 0.4) is 0 Å². The van der Waals surface area contributed by atoms with Crippen molar-refractivity contribution in [1.82, 2.24) is 9.55 Å². The molecule has 3 rings (SSSR count). The van der Waals surface area contributed by atoms with Gasteiger partial charge in [0.1, 0.15) is 6.10 Å². The Kier molecular flexibility index (Phi) is 5.96. The molecule has 1 heterocycles. The zero-order valence-electron chi connectivity index (χ0n) is 14.6. The number of nitrogens with one attached hydrogen (secondary N) is 1. The Balaban J connectivity index is 1.72. The van der Waals surface area contributed by atoms with Gasteiger partial charge in [0.15, 0.2) is 0 Å². The first-order valence-corrected chi connectivity index (χ1v) is 12.6. The van der Waals surface area contributed by atoms with E-state index in [4.69, 9.17) is 14.7 Å². The number of H-pyrrole nitrogens is 1. The van der Waals surface area contributed by atoms with Crippen LogP contribution in [0.1, 0.15) is 6.42 Å². The first-order valence-electron chi connectivity index (χ1n) is 8.05. The molecule has 30 heavy (non-hydrogen) atoms. The fourth-order valence-corrected chi connectivity index (χ4v) is 6.84. The largest absolute Gasteiger partial charge is 0.490 e. The summed E-state index contributed by atoms with van der Waals surface area (Å²) in [7, 11) is -16.6. The highest BCUT2D eigenvalue weighted by atomic mass is 31.3. The highest BCUT2D eigenvalue weighted by Gasteiger charge is 2.72. The Morgan fingerprint density at radius 3 is 2.30 bits per heavy atom. The lowest BCUT2D eigenvalue weighted by atomic mass is 10.0. The molecule has 0 bridgehead atoms. The number of hydrogen-bond acceptors (Lipinski definition) is 10. The molecule has 1 aromatic heterocycles. The van der Waals surface area contributed by atoms with Crippen LogP contribution >= 0.6 is 23.5 Å². The molecule has 0 aliphatic heterocycles. The standard InChI is InChI=1S/C11H17N2O14P3/c14-7-1-2-13(10(17)12-7)11-3-6(11)5(8(15)9(11)16)4-25-29(21,22)27-30(23,24)26-28(18,19)20/h1-2,5-6,8-9,15-16H,3-4H2,(H,21,22)(H,23,24)(H,12,14,17)(H2,18,19,20)/t5-,6-,8+,9+,11-/m0/s1. The van der Waals surface area contributed by atoms with Crippen molar-refractivity contribution in [3.8, 4) is 0 Å². The molecule has 2 aliphatic carbocycles. The molecule has 0 spiro atoms. The van der Waals surface area contributed by atoms with E-state index in [0.717, 1.165) is 16.8 Å². The first-order chi connectivity index (χ1) is 13.6. The molecule has 0 aromatic carbocycles. The minimum absolute atomic E-state index is 0.140. The van der Waals surface area contributed by atoms with Gasteiger partial charge in [-0.1, -0.05) is 0 Å². The van der Waals surface area contributed by atoms with E-state index in [9.17, 15) is 38.4 Å². The summed E-state index contributed by atoms with van der Waals surface area (Å²) in [5.41, 5.74) is -2.82. The quantitative estimate of drug-likeness (QED) is 0.192. The SMILES string of the molecule is O=c1ccn([C@@]23C[C@H]2[C@H](COP(=O)(O)OP(=O)(O)OP(=O)(O)O)[C@@H](O)[C@H]3O)c(=O)[nH]1. The maximum absolute atomic E-state index is 12.0. The summed E-state index contributed by atoms with van der Waals surface area (Å²) in [4.78, 5) is 60.9. The number of aliphatic hydroxyl groups is 2. The molecule has 16 nitrogen and oxygen atoms in total. The third kappa shape index (κ3) is 4.60. The summed E-state index contributed by atoms with van der Waals surface area (Å²) < 4.78 is 46.5. The molecule has 2 unspecified atom stereocenters. The molecule has 0 amide bonds. The average molecular weight is 494 g/mol. The van der Waals surface area contributed by atoms with Crippen molar-refractivity contribution in [3.05, 3.63) is 33.1 Å². The summed E-state index contributed by atoms with van der Waals surface area (Å²) in [6.45, 7) is -0.799. The van der Waals surface area contributed by atoms with Gasteiger partial charge in [-0.05, 0) is 12.3 Å². The van der Waals surface area contributed by atoms with E-state index in [-0.39, 0.29) is 6.42 Å². The molecular formula is C11H17N2O14P3. The van der Waals surface area contributed by atoms with Crippen molar-refractivity contribution >= 4 is 23.5 Å². The predicted molar refractivity (Wildman–Crippen MR) is 92.7 cm³/mol. The van der Waals surface area contributed by atoms with Crippen LogP contribution in [0, 0.1) is 11.8 Å². The minimum Gasteiger partial charge on any atom is -0.390 e. The third-order valence-electron chi connectivity index (χ3n) is 4.94. The second kappa shape index (κ2) is 7.55. The van der Waals surface area contributed by atoms with Crippen LogP contribution in [0.4, 0.5) is 0 Å². The van der Waals surface area contributed by atoms with Crippen molar-refractivity contribution < 1.29 is 56.6 Å². The van der Waals surface area contributed by atoms with E-state index in [1.165, 1.54) is 0 Å². The number of phosphoric ester groups is 1. The summed E-state index contributed by atoms with van der Waals surface area (Å²) in [5, 5.41) is 20.7. The average Bonchev–Trinajstić information content (AvgIpc) is 3.21. The maximum Gasteiger partial charge on any atom is 0.490 e. The van der Waals surface area contributed by atoms with Crippen LogP contribution in [-0.4, -0.2) is 58.2 Å². The van der Waals surface area contributed by atoms with Crippen molar-refractivity contribution in [1.29, 1.82) is 0 Å². The van der Waals surface area contributed by atoms with Crippen molar-refractivity contribution in [2.24, 2.45) is 11.8 Å². The van der Waals surface area contributed by atoms with E-state index in [1.807, 2.05) is 4.98 Å². The molecule has 1 aromatic rings. The van der Waals surface area contributed by atoms with Gasteiger partial charge in [-0.15, -0.1) is 0 Å². The minimum atomic E-state index is -5.69. The lowest BCUT2D eigenvalue weighted by Crippen LogP contribution is -2.44. The summed E-state index contributed by atoms with van der Waals surface area (Å²) in [6.07, 6.45) is -1.79. The molecule has 7 atom stereocenters. The molecule has 19 heteroatoms. The first kappa shape index (κ1) is 23.7. The van der Waals surface area contributed by atoms with Crippen molar-refractivity contribution in [2.45, 2.75) is 24.2 Å². The smallest absolute Gasteiger partial charge is 0.390 e. The highest BCUT2D eigenvalue weighted by Crippen LogP contribution is 2.68. The van der Waals surface area contributed by atoms with Crippen LogP contribution in [-0.2, 0) is 32.4 Å². The Morgan fingerprint density at radius 1 is 1.10 bits per heavy atom. The van der Waals surface area contributed by atoms with Gasteiger partial charge in [0.2, 0.25) is 0 Å². The van der Waals surface area contributed by atoms with Gasteiger partial charge in [-0.3, -0.25) is 18.9 Å². The van der Waals surface area contributed by atoms with E-state index in [0.29, 0.717) is 0 Å². The van der Waals surface area contributed by atoms with Crippen molar-refractivity contribution in [3.63, 3.8) is 0 Å². The lowest BCUT2D eigenvalue weighted by molar-refractivity contribution is -0.0281. The Hall–Kier alpha value is -0.990. The predicted octanol–water partition coefficient (Wildman–Crippen LogP) is -2.05. The summed E-state index contributed by atoms with van der Waals surface area (Å²) in [6, 6.07) is 1.03. The van der Waals surface area contributed by atoms with Crippen LogP contribution in [0.15, 0.2) is 21.9 Å². The molecule has 0 saturated heterocycles. The monoisotopic (exact) mass is 494 g/mol. The topological polar surface area (TPSA) is 255 Å². The number of aliphatic hydroxyl groups excluding tert-OH is 2. The van der Waals surface area contributed by atoms with Crippen LogP contribution in [0.25, 0.3) is 0 Å². The number of hydrogen-bond donors (Lipinski definition) is 7. The molecule has 2 aliphatic rings. The molecule has 2 fully saturated rings. The van der Waals surface area contributed by atoms with Gasteiger partial charge >= 0.3 is 29.2 Å². The van der Waals surface area contributed by atoms with Gasteiger partial charge in [0, 0.05) is 18.2 Å². The fourth-order valence-electron chi connectivity index (χ4n) is 3.79. The van der Waals surface area contributed by atoms with Gasteiger partial charge in [0.05, 0.1) is 18.2 Å². The van der Waals surface area contributed by atoms with Gasteiger partial charge in [0.25, 0.3) is 5.56 Å². The Morgan fingerprint density at radius 2 is 1.73 bits per heavy atom. The number of phosphoric acid groups is 3. The Labute approximate surface area is 166 Å². The molecule has 2 saturated carbocycles. The van der Waals surface area contributed by atoms with E-state index in [2.05, 4.69) is 13.1 Å². The zero-order chi connectivity index (χ0) is 22.7. The molecule has 7 N–H and O–H groups in total. The normalized spacial score (nSPS) is 34.7. The number of aromatic nitrogens is 2. The van der Waals surface area contributed by atoms with E-state index in [1.54, 1.807) is 0 Å². The lowest BCUT2D eigenvalue weighted by Gasteiger charge is -2.24. The number of rotatable bonds is 8. The summed E-state index contributed by atoms with van der Waals surface area (Å²) in [5.74, 6) is -1.68. The van der Waals surface area contributed by atoms with E-state index < -0.39 is 70.9 Å². The zero-order valence-corrected chi connectivity index (χ0v) is 17.3. The van der Waals surface area contributed by atoms with Crippen LogP contribution in [0.2, 0.25) is 0 Å². The van der Waals surface area contributed by atoms with E-state index >= 15 is 0 Å². The second-order valence-corrected chi connectivity index (χ2v) is 11.2. The van der Waals surface area contributed by atoms with Crippen molar-refractivity contribution in [2.75, 3.05) is 6.61 Å².